The van der Waals surface area contributed by atoms with Crippen LogP contribution in [-0.4, -0.2) is 19.9 Å². The molecule has 400 valence electrons. The molecule has 0 fully saturated rings. The third kappa shape index (κ3) is 9.35. The van der Waals surface area contributed by atoms with Gasteiger partial charge in [-0.05, 0) is 175 Å². The average molecular weight is 1060 g/mol. The van der Waals surface area contributed by atoms with Crippen LogP contribution in [0.3, 0.4) is 0 Å². The standard InChI is InChI=1S/C75H70BN3O2/c1-49-42-67-70-68(43-49)79(65-38-34-57(75(8,9)10)47-62(65)52-20-14-11-15-21-52)71-64(37-39-69-72(71)81-41-40-80-69)76(70)63-36-35-60(77(58-22-16-12-17-23-58)59-24-18-13-19-25-59)48-66(63)78(67)61-45-53(50-26-30-55(31-27-50)73(2,3)4)44-54(46-61)51-28-32-56(33-29-51)74(5,6)7/h11-39,42-48H,40-41H2,1-10H3. The molecule has 5 nitrogen and oxygen atoms in total. The highest BCUT2D eigenvalue weighted by molar-refractivity contribution is 7.00. The van der Waals surface area contributed by atoms with Crippen molar-refractivity contribution in [2.24, 2.45) is 0 Å². The van der Waals surface area contributed by atoms with E-state index in [1.54, 1.807) is 0 Å². The van der Waals surface area contributed by atoms with Crippen LogP contribution in [0.25, 0.3) is 33.4 Å². The van der Waals surface area contributed by atoms with E-state index in [0.29, 0.717) is 13.2 Å². The molecule has 0 bridgehead atoms. The van der Waals surface area contributed by atoms with Crippen molar-refractivity contribution in [1.82, 2.24) is 0 Å². The number of hydrogen-bond acceptors (Lipinski definition) is 5. The predicted octanol–water partition coefficient (Wildman–Crippen LogP) is 18.2. The van der Waals surface area contributed by atoms with E-state index in [4.69, 9.17) is 9.47 Å². The van der Waals surface area contributed by atoms with Gasteiger partial charge < -0.3 is 24.2 Å². The minimum atomic E-state index is -0.175. The molecule has 0 radical (unpaired) electrons. The van der Waals surface area contributed by atoms with Gasteiger partial charge >= 0.3 is 0 Å². The summed E-state index contributed by atoms with van der Waals surface area (Å²) in [5.74, 6) is 1.54. The lowest BCUT2D eigenvalue weighted by molar-refractivity contribution is 0.172. The summed E-state index contributed by atoms with van der Waals surface area (Å²) in [6.07, 6.45) is 0. The van der Waals surface area contributed by atoms with Crippen LogP contribution in [0.2, 0.25) is 0 Å². The molecule has 0 N–H and O–H groups in total. The van der Waals surface area contributed by atoms with Crippen LogP contribution in [0.4, 0.5) is 51.2 Å². The fraction of sp³-hybridized carbons (Fsp3) is 0.200. The molecule has 0 aromatic heterocycles. The minimum Gasteiger partial charge on any atom is -0.486 e. The van der Waals surface area contributed by atoms with E-state index in [1.165, 1.54) is 44.2 Å². The highest BCUT2D eigenvalue weighted by Gasteiger charge is 2.46. The second-order valence-electron chi connectivity index (χ2n) is 25.4. The van der Waals surface area contributed by atoms with Crippen LogP contribution in [0.5, 0.6) is 11.5 Å². The summed E-state index contributed by atoms with van der Waals surface area (Å²) in [5.41, 5.74) is 25.3. The number of ether oxygens (including phenoxy) is 2. The van der Waals surface area contributed by atoms with Gasteiger partial charge in [0.25, 0.3) is 6.71 Å². The van der Waals surface area contributed by atoms with Gasteiger partial charge in [-0.15, -0.1) is 0 Å². The lowest BCUT2D eigenvalue weighted by Crippen LogP contribution is -2.61. The quantitative estimate of drug-likeness (QED) is 0.141. The molecule has 3 aliphatic heterocycles. The molecule has 3 aliphatic rings. The first kappa shape index (κ1) is 51.7. The van der Waals surface area contributed by atoms with Gasteiger partial charge in [-0.2, -0.15) is 0 Å². The minimum absolute atomic E-state index is 0.0190. The van der Waals surface area contributed by atoms with E-state index in [9.17, 15) is 0 Å². The van der Waals surface area contributed by atoms with Crippen LogP contribution >= 0.6 is 0 Å². The Bertz CT molecular complexity index is 3890. The van der Waals surface area contributed by atoms with E-state index in [1.807, 2.05) is 0 Å². The first-order valence-electron chi connectivity index (χ1n) is 28.8. The fourth-order valence-corrected chi connectivity index (χ4v) is 12.4. The molecule has 0 unspecified atom stereocenters. The van der Waals surface area contributed by atoms with E-state index >= 15 is 0 Å². The Morgan fingerprint density at radius 3 is 1.48 bits per heavy atom. The van der Waals surface area contributed by atoms with Gasteiger partial charge in [-0.3, -0.25) is 0 Å². The summed E-state index contributed by atoms with van der Waals surface area (Å²) in [4.78, 5) is 7.48. The second kappa shape index (κ2) is 19.8. The molecule has 10 aromatic rings. The molecule has 3 heterocycles. The first-order valence-corrected chi connectivity index (χ1v) is 28.8. The third-order valence-electron chi connectivity index (χ3n) is 16.7. The van der Waals surface area contributed by atoms with Gasteiger partial charge in [0, 0.05) is 45.4 Å². The maximum Gasteiger partial charge on any atom is 0.252 e. The summed E-state index contributed by atoms with van der Waals surface area (Å²) in [7, 11) is 0. The number of para-hydroxylation sites is 2. The largest absolute Gasteiger partial charge is 0.486 e. The average Bonchev–Trinajstić information content (AvgIpc) is 3.56. The van der Waals surface area contributed by atoms with Gasteiger partial charge in [0.2, 0.25) is 0 Å². The zero-order valence-electron chi connectivity index (χ0n) is 48.4. The monoisotopic (exact) mass is 1060 g/mol. The van der Waals surface area contributed by atoms with Crippen LogP contribution < -0.4 is 40.6 Å². The van der Waals surface area contributed by atoms with Gasteiger partial charge in [0.05, 0.1) is 11.4 Å². The van der Waals surface area contributed by atoms with Gasteiger partial charge in [0.1, 0.15) is 13.2 Å². The maximum atomic E-state index is 6.89. The van der Waals surface area contributed by atoms with Crippen LogP contribution in [-0.2, 0) is 16.2 Å². The Balaban J connectivity index is 1.13. The molecular weight excluding hydrogens is 986 g/mol. The molecule has 0 amide bonds. The second-order valence-corrected chi connectivity index (χ2v) is 25.4. The van der Waals surface area contributed by atoms with Crippen molar-refractivity contribution in [3.8, 4) is 44.9 Å². The maximum absolute atomic E-state index is 6.89. The number of fused-ring (bicyclic) bond motifs is 6. The lowest BCUT2D eigenvalue weighted by Gasteiger charge is -2.46. The normalized spacial score (nSPS) is 13.6. The number of rotatable bonds is 8. The molecule has 6 heteroatoms. The number of nitrogens with zero attached hydrogens (tertiary/aromatic N) is 3. The van der Waals surface area contributed by atoms with Gasteiger partial charge in [0.15, 0.2) is 11.5 Å². The molecule has 0 aliphatic carbocycles. The summed E-state index contributed by atoms with van der Waals surface area (Å²) in [6, 6.07) is 81.7. The van der Waals surface area contributed by atoms with Crippen molar-refractivity contribution < 1.29 is 9.47 Å². The lowest BCUT2D eigenvalue weighted by atomic mass is 9.33. The zero-order chi connectivity index (χ0) is 56.0. The van der Waals surface area contributed by atoms with Crippen LogP contribution in [0.1, 0.15) is 84.6 Å². The van der Waals surface area contributed by atoms with E-state index < -0.39 is 0 Å². The highest BCUT2D eigenvalue weighted by atomic mass is 16.6. The van der Waals surface area contributed by atoms with Crippen molar-refractivity contribution in [2.75, 3.05) is 27.9 Å². The summed E-state index contributed by atoms with van der Waals surface area (Å²) < 4.78 is 13.4. The Morgan fingerprint density at radius 2 is 0.914 bits per heavy atom. The predicted molar refractivity (Wildman–Crippen MR) is 343 cm³/mol. The van der Waals surface area contributed by atoms with Crippen LogP contribution in [0, 0.1) is 6.92 Å². The smallest absolute Gasteiger partial charge is 0.252 e. The molecular formula is C75H70BN3O2. The topological polar surface area (TPSA) is 28.2 Å². The van der Waals surface area contributed by atoms with Crippen molar-refractivity contribution in [1.29, 1.82) is 0 Å². The van der Waals surface area contributed by atoms with E-state index in [-0.39, 0.29) is 23.0 Å². The number of benzene rings is 10. The van der Waals surface area contributed by atoms with E-state index in [0.717, 1.165) is 90.5 Å². The zero-order valence-corrected chi connectivity index (χ0v) is 48.4. The Labute approximate surface area is 480 Å². The van der Waals surface area contributed by atoms with Crippen LogP contribution in [0.15, 0.2) is 218 Å². The Hall–Kier alpha value is -8.74. The third-order valence-corrected chi connectivity index (χ3v) is 16.7. The molecule has 0 saturated heterocycles. The van der Waals surface area contributed by atoms with Gasteiger partial charge in [-0.1, -0.05) is 196 Å². The van der Waals surface area contributed by atoms with Crippen molar-refractivity contribution >= 4 is 74.3 Å². The molecule has 13 rings (SSSR count). The number of hydrogen-bond donors (Lipinski definition) is 0. The Morgan fingerprint density at radius 1 is 0.395 bits per heavy atom. The molecule has 10 aromatic carbocycles. The van der Waals surface area contributed by atoms with E-state index in [2.05, 4.69) is 302 Å². The van der Waals surface area contributed by atoms with Gasteiger partial charge in [-0.25, -0.2) is 0 Å². The number of aryl methyl sites for hydroxylation is 1. The highest BCUT2D eigenvalue weighted by Crippen LogP contribution is 2.53. The van der Waals surface area contributed by atoms with Crippen molar-refractivity contribution in [3.05, 3.63) is 241 Å². The summed E-state index contributed by atoms with van der Waals surface area (Å²) in [5, 5.41) is 0. The Kier molecular flexibility index (Phi) is 12.6. The fourth-order valence-electron chi connectivity index (χ4n) is 12.4. The molecule has 0 atom stereocenters. The van der Waals surface area contributed by atoms with Crippen molar-refractivity contribution in [3.63, 3.8) is 0 Å². The summed E-state index contributed by atoms with van der Waals surface area (Å²) >= 11 is 0. The molecule has 0 saturated carbocycles. The molecule has 81 heavy (non-hydrogen) atoms. The first-order chi connectivity index (χ1) is 39.0. The van der Waals surface area contributed by atoms with Crippen molar-refractivity contribution in [2.45, 2.75) is 85.5 Å². The number of anilines is 9. The SMILES string of the molecule is Cc1cc2c3c(c1)N(c1ccc(C(C)(C)C)cc1-c1ccccc1)c1c(ccc4c1OCCO4)B3c1ccc(N(c3ccccc3)c3ccccc3)cc1N2c1cc(-c2ccc(C(C)(C)C)cc2)cc(-c2ccc(C(C)(C)C)cc2)c1. The summed E-state index contributed by atoms with van der Waals surface area (Å²) in [6.45, 7) is 23.7. The molecule has 0 spiro atoms.